The highest BCUT2D eigenvalue weighted by atomic mass is 35.5. The molecule has 29 heavy (non-hydrogen) atoms. The van der Waals surface area contributed by atoms with Crippen molar-refractivity contribution in [3.63, 3.8) is 0 Å². The van der Waals surface area contributed by atoms with Gasteiger partial charge in [0.1, 0.15) is 10.6 Å². The van der Waals surface area contributed by atoms with Gasteiger partial charge in [-0.3, -0.25) is 4.31 Å². The number of hydrogen-bond acceptors (Lipinski definition) is 4. The Morgan fingerprint density at radius 1 is 1.00 bits per heavy atom. The van der Waals surface area contributed by atoms with Gasteiger partial charge in [0.25, 0.3) is 10.0 Å². The molecule has 0 radical (unpaired) electrons. The molecule has 3 aromatic rings. The van der Waals surface area contributed by atoms with Crippen molar-refractivity contribution in [2.75, 3.05) is 10.8 Å². The van der Waals surface area contributed by atoms with Gasteiger partial charge >= 0.3 is 5.97 Å². The Hall–Kier alpha value is -3.09. The van der Waals surface area contributed by atoms with E-state index in [1.807, 2.05) is 0 Å². The van der Waals surface area contributed by atoms with Crippen molar-refractivity contribution >= 4 is 33.3 Å². The second-order valence-corrected chi connectivity index (χ2v) is 8.25. The van der Waals surface area contributed by atoms with Gasteiger partial charge in [0.05, 0.1) is 22.8 Å². The molecule has 0 aliphatic carbocycles. The van der Waals surface area contributed by atoms with Crippen LogP contribution in [0.15, 0.2) is 96.4 Å². The van der Waals surface area contributed by atoms with Crippen molar-refractivity contribution in [1.29, 1.82) is 0 Å². The van der Waals surface area contributed by atoms with E-state index < -0.39 is 16.0 Å². The van der Waals surface area contributed by atoms with E-state index in [2.05, 4.69) is 6.58 Å². The summed E-state index contributed by atoms with van der Waals surface area (Å²) >= 11 is 6.19. The third-order valence-electron chi connectivity index (χ3n) is 4.03. The standard InChI is InChI=1S/C22H18ClNO4S/c1-2-15-24(18-9-5-3-6-10-18)29(26,27)21-16-17(13-14-20(21)23)22(25)28-19-11-7-4-8-12-19/h2-14,16H,1,15H2. The maximum atomic E-state index is 13.3. The Balaban J connectivity index is 1.99. The summed E-state index contributed by atoms with van der Waals surface area (Å²) in [5.41, 5.74) is 0.532. The van der Waals surface area contributed by atoms with Gasteiger partial charge in [-0.05, 0) is 42.5 Å². The molecule has 0 bridgehead atoms. The fourth-order valence-corrected chi connectivity index (χ4v) is 4.59. The van der Waals surface area contributed by atoms with Gasteiger partial charge in [-0.1, -0.05) is 54.1 Å². The molecule has 0 saturated heterocycles. The third-order valence-corrected chi connectivity index (χ3v) is 6.30. The number of hydrogen-bond donors (Lipinski definition) is 0. The van der Waals surface area contributed by atoms with Crippen LogP contribution in [0.5, 0.6) is 5.75 Å². The number of carbonyl (C=O) groups excluding carboxylic acids is 1. The number of nitrogens with zero attached hydrogens (tertiary/aromatic N) is 1. The zero-order valence-electron chi connectivity index (χ0n) is 15.4. The normalized spacial score (nSPS) is 10.9. The summed E-state index contributed by atoms with van der Waals surface area (Å²) in [5, 5.41) is 0.00579. The predicted octanol–water partition coefficient (Wildman–Crippen LogP) is 4.94. The first-order valence-electron chi connectivity index (χ1n) is 8.69. The lowest BCUT2D eigenvalue weighted by Gasteiger charge is -2.23. The van der Waals surface area contributed by atoms with E-state index in [0.717, 1.165) is 0 Å². The summed E-state index contributed by atoms with van der Waals surface area (Å²) in [4.78, 5) is 12.3. The molecule has 5 nitrogen and oxygen atoms in total. The average molecular weight is 428 g/mol. The fraction of sp³-hybridized carbons (Fsp3) is 0.0455. The van der Waals surface area contributed by atoms with E-state index in [-0.39, 0.29) is 22.0 Å². The van der Waals surface area contributed by atoms with Gasteiger partial charge in [0, 0.05) is 0 Å². The Kier molecular flexibility index (Phi) is 6.36. The first-order chi connectivity index (χ1) is 13.9. The Labute approximate surface area is 174 Å². The van der Waals surface area contributed by atoms with Crippen LogP contribution in [0.1, 0.15) is 10.4 Å². The highest BCUT2D eigenvalue weighted by Gasteiger charge is 2.27. The highest BCUT2D eigenvalue weighted by molar-refractivity contribution is 7.93. The third kappa shape index (κ3) is 4.67. The predicted molar refractivity (Wildman–Crippen MR) is 114 cm³/mol. The van der Waals surface area contributed by atoms with Crippen LogP contribution in [0.25, 0.3) is 0 Å². The van der Waals surface area contributed by atoms with E-state index in [1.165, 1.54) is 28.6 Å². The number of anilines is 1. The smallest absolute Gasteiger partial charge is 0.343 e. The number of halogens is 1. The monoisotopic (exact) mass is 427 g/mol. The number of esters is 1. The topological polar surface area (TPSA) is 63.7 Å². The molecule has 0 aliphatic heterocycles. The van der Waals surface area contributed by atoms with E-state index in [9.17, 15) is 13.2 Å². The van der Waals surface area contributed by atoms with E-state index in [4.69, 9.17) is 16.3 Å². The van der Waals surface area contributed by atoms with Crippen molar-refractivity contribution in [2.24, 2.45) is 0 Å². The molecule has 0 N–H and O–H groups in total. The van der Waals surface area contributed by atoms with Crippen LogP contribution in [0.2, 0.25) is 5.02 Å². The molecular weight excluding hydrogens is 410 g/mol. The molecule has 0 aromatic heterocycles. The molecule has 0 fully saturated rings. The Bertz CT molecular complexity index is 1120. The molecule has 0 amide bonds. The molecule has 0 spiro atoms. The highest BCUT2D eigenvalue weighted by Crippen LogP contribution is 2.29. The molecule has 0 atom stereocenters. The van der Waals surface area contributed by atoms with Crippen molar-refractivity contribution < 1.29 is 17.9 Å². The van der Waals surface area contributed by atoms with Crippen LogP contribution < -0.4 is 9.04 Å². The molecule has 148 valence electrons. The van der Waals surface area contributed by atoms with Crippen molar-refractivity contribution in [3.05, 3.63) is 102 Å². The fourth-order valence-electron chi connectivity index (χ4n) is 2.66. The van der Waals surface area contributed by atoms with Gasteiger partial charge in [-0.2, -0.15) is 0 Å². The van der Waals surface area contributed by atoms with Crippen LogP contribution in [0.4, 0.5) is 5.69 Å². The Morgan fingerprint density at radius 3 is 2.24 bits per heavy atom. The molecule has 0 aliphatic rings. The van der Waals surface area contributed by atoms with Crippen LogP contribution in [0.3, 0.4) is 0 Å². The maximum Gasteiger partial charge on any atom is 0.343 e. The largest absolute Gasteiger partial charge is 0.423 e. The quantitative estimate of drug-likeness (QED) is 0.304. The molecule has 3 rings (SSSR count). The number of ether oxygens (including phenoxy) is 1. The minimum Gasteiger partial charge on any atom is -0.423 e. The second-order valence-electron chi connectivity index (χ2n) is 6.01. The molecule has 0 unspecified atom stereocenters. The molecule has 0 saturated carbocycles. The van der Waals surface area contributed by atoms with Gasteiger partial charge in [0.2, 0.25) is 0 Å². The van der Waals surface area contributed by atoms with Gasteiger partial charge in [-0.25, -0.2) is 13.2 Å². The number of sulfonamides is 1. The lowest BCUT2D eigenvalue weighted by atomic mass is 10.2. The van der Waals surface area contributed by atoms with E-state index in [1.54, 1.807) is 60.7 Å². The zero-order valence-corrected chi connectivity index (χ0v) is 16.9. The first-order valence-corrected chi connectivity index (χ1v) is 10.5. The van der Waals surface area contributed by atoms with Gasteiger partial charge in [-0.15, -0.1) is 6.58 Å². The molecule has 0 heterocycles. The van der Waals surface area contributed by atoms with Gasteiger partial charge < -0.3 is 4.74 Å². The first kappa shape index (κ1) is 20.6. The average Bonchev–Trinajstić information content (AvgIpc) is 2.73. The maximum absolute atomic E-state index is 13.3. The molecular formula is C22H18ClNO4S. The number of benzene rings is 3. The summed E-state index contributed by atoms with van der Waals surface area (Å²) < 4.78 is 33.1. The summed E-state index contributed by atoms with van der Waals surface area (Å²) in [7, 11) is -4.05. The lowest BCUT2D eigenvalue weighted by Crippen LogP contribution is -2.31. The van der Waals surface area contributed by atoms with Crippen LogP contribution in [-0.2, 0) is 10.0 Å². The number of para-hydroxylation sites is 2. The number of rotatable bonds is 7. The summed E-state index contributed by atoms with van der Waals surface area (Å²) in [6.07, 6.45) is 1.48. The van der Waals surface area contributed by atoms with E-state index >= 15 is 0 Å². The second kappa shape index (κ2) is 8.94. The zero-order chi connectivity index (χ0) is 20.9. The van der Waals surface area contributed by atoms with Crippen molar-refractivity contribution in [3.8, 4) is 5.75 Å². The van der Waals surface area contributed by atoms with Crippen molar-refractivity contribution in [2.45, 2.75) is 4.90 Å². The SMILES string of the molecule is C=CCN(c1ccccc1)S(=O)(=O)c1cc(C(=O)Oc2ccccc2)ccc1Cl. The molecule has 7 heteroatoms. The summed E-state index contributed by atoms with van der Waals surface area (Å²) in [6.45, 7) is 3.68. The lowest BCUT2D eigenvalue weighted by molar-refractivity contribution is 0.0734. The number of carbonyl (C=O) groups is 1. The molecule has 3 aromatic carbocycles. The van der Waals surface area contributed by atoms with Crippen molar-refractivity contribution in [1.82, 2.24) is 0 Å². The summed E-state index contributed by atoms with van der Waals surface area (Å²) in [6, 6.07) is 21.1. The minimum atomic E-state index is -4.05. The summed E-state index contributed by atoms with van der Waals surface area (Å²) in [5.74, 6) is -0.325. The van der Waals surface area contributed by atoms with E-state index in [0.29, 0.717) is 11.4 Å². The Morgan fingerprint density at radius 2 is 1.62 bits per heavy atom. The minimum absolute atomic E-state index is 0.00579. The van der Waals surface area contributed by atoms with Crippen LogP contribution >= 0.6 is 11.6 Å². The van der Waals surface area contributed by atoms with Gasteiger partial charge in [0.15, 0.2) is 0 Å². The van der Waals surface area contributed by atoms with Crippen LogP contribution in [-0.4, -0.2) is 20.9 Å². The van der Waals surface area contributed by atoms with Crippen LogP contribution in [0, 0.1) is 0 Å².